The van der Waals surface area contributed by atoms with Crippen LogP contribution in [0.1, 0.15) is 44.2 Å². The Labute approximate surface area is 150 Å². The number of pyridine rings is 1. The maximum absolute atomic E-state index is 13.2. The molecular weight excluding hydrogens is 322 g/mol. The van der Waals surface area contributed by atoms with Crippen molar-refractivity contribution < 1.29 is 4.79 Å². The molecule has 3 atom stereocenters. The van der Waals surface area contributed by atoms with Crippen LogP contribution in [0.2, 0.25) is 0 Å². The van der Waals surface area contributed by atoms with Crippen LogP contribution in [0.4, 0.5) is 0 Å². The number of carbonyl (C=O) groups is 1. The van der Waals surface area contributed by atoms with E-state index in [1.54, 1.807) is 0 Å². The minimum atomic E-state index is 0. The Morgan fingerprint density at radius 2 is 1.96 bits per heavy atom. The molecule has 1 amide bonds. The van der Waals surface area contributed by atoms with E-state index in [1.807, 2.05) is 24.4 Å². The van der Waals surface area contributed by atoms with Crippen LogP contribution >= 0.6 is 12.4 Å². The number of halogens is 1. The standard InChI is InChI=1S/C19H27N3O.ClH/c23-19(18-16-7-3-8-17(16)18)22(13-14-5-1-2-11-21-14)15-6-4-10-20-12-9-15;/h1-2,5,11,15-18,20H,3-4,6-10,12-13H2;1H. The maximum atomic E-state index is 13.2. The van der Waals surface area contributed by atoms with Crippen LogP contribution in [0.5, 0.6) is 0 Å². The molecule has 1 aliphatic heterocycles. The molecule has 1 saturated heterocycles. The number of hydrogen-bond acceptors (Lipinski definition) is 3. The van der Waals surface area contributed by atoms with Gasteiger partial charge < -0.3 is 10.2 Å². The lowest BCUT2D eigenvalue weighted by Crippen LogP contribution is -2.42. The smallest absolute Gasteiger partial charge is 0.226 e. The highest BCUT2D eigenvalue weighted by Gasteiger charge is 2.57. The van der Waals surface area contributed by atoms with Gasteiger partial charge in [0, 0.05) is 18.2 Å². The number of rotatable bonds is 4. The summed E-state index contributed by atoms with van der Waals surface area (Å²) in [6.07, 6.45) is 9.04. The number of aromatic nitrogens is 1. The molecule has 2 aliphatic carbocycles. The summed E-state index contributed by atoms with van der Waals surface area (Å²) in [7, 11) is 0. The minimum absolute atomic E-state index is 0. The molecule has 5 heteroatoms. The van der Waals surface area contributed by atoms with Gasteiger partial charge in [-0.15, -0.1) is 12.4 Å². The molecule has 0 spiro atoms. The second-order valence-electron chi connectivity index (χ2n) is 7.41. The van der Waals surface area contributed by atoms with E-state index in [0.717, 1.165) is 38.0 Å². The number of amides is 1. The van der Waals surface area contributed by atoms with Gasteiger partial charge in [0.25, 0.3) is 0 Å². The largest absolute Gasteiger partial charge is 0.334 e. The number of carbonyl (C=O) groups excluding carboxylic acids is 1. The zero-order valence-electron chi connectivity index (χ0n) is 14.2. The van der Waals surface area contributed by atoms with Gasteiger partial charge in [-0.3, -0.25) is 9.78 Å². The van der Waals surface area contributed by atoms with Gasteiger partial charge in [0.05, 0.1) is 12.2 Å². The van der Waals surface area contributed by atoms with Crippen LogP contribution in [0.25, 0.3) is 0 Å². The molecule has 4 rings (SSSR count). The third kappa shape index (κ3) is 3.60. The molecule has 2 heterocycles. The molecule has 1 aromatic rings. The topological polar surface area (TPSA) is 45.2 Å². The van der Waals surface area contributed by atoms with Gasteiger partial charge in [-0.2, -0.15) is 0 Å². The van der Waals surface area contributed by atoms with Gasteiger partial charge in [-0.1, -0.05) is 12.5 Å². The van der Waals surface area contributed by atoms with Crippen LogP contribution in [0.15, 0.2) is 24.4 Å². The SMILES string of the molecule is Cl.O=C(C1C2CCCC21)N(Cc1ccccn1)C1CCCNCC1. The number of nitrogens with zero attached hydrogens (tertiary/aromatic N) is 2. The van der Waals surface area contributed by atoms with Crippen LogP contribution in [0, 0.1) is 17.8 Å². The Kier molecular flexibility index (Phi) is 5.77. The quantitative estimate of drug-likeness (QED) is 0.908. The second kappa shape index (κ2) is 7.83. The van der Waals surface area contributed by atoms with Crippen molar-refractivity contribution in [3.63, 3.8) is 0 Å². The van der Waals surface area contributed by atoms with E-state index in [9.17, 15) is 4.79 Å². The lowest BCUT2D eigenvalue weighted by molar-refractivity contribution is -0.136. The lowest BCUT2D eigenvalue weighted by atomic mass is 10.0. The summed E-state index contributed by atoms with van der Waals surface area (Å²) < 4.78 is 0. The fourth-order valence-electron chi connectivity index (χ4n) is 4.74. The van der Waals surface area contributed by atoms with Crippen molar-refractivity contribution in [3.05, 3.63) is 30.1 Å². The van der Waals surface area contributed by atoms with E-state index in [0.29, 0.717) is 36.2 Å². The zero-order valence-corrected chi connectivity index (χ0v) is 15.0. The molecule has 132 valence electrons. The summed E-state index contributed by atoms with van der Waals surface area (Å²) in [5.41, 5.74) is 1.02. The van der Waals surface area contributed by atoms with Gasteiger partial charge >= 0.3 is 0 Å². The van der Waals surface area contributed by atoms with Crippen molar-refractivity contribution >= 4 is 18.3 Å². The maximum Gasteiger partial charge on any atom is 0.226 e. The van der Waals surface area contributed by atoms with E-state index in [-0.39, 0.29) is 12.4 Å². The predicted octanol–water partition coefficient (Wildman–Crippen LogP) is 3.02. The van der Waals surface area contributed by atoms with Gasteiger partial charge in [-0.05, 0) is 69.2 Å². The molecule has 0 bridgehead atoms. The molecule has 0 radical (unpaired) electrons. The normalized spacial score (nSPS) is 31.5. The molecule has 3 fully saturated rings. The first-order valence-electron chi connectivity index (χ1n) is 9.25. The van der Waals surface area contributed by atoms with E-state index in [1.165, 1.54) is 19.3 Å². The summed E-state index contributed by atoms with van der Waals surface area (Å²) >= 11 is 0. The van der Waals surface area contributed by atoms with Crippen molar-refractivity contribution in [2.45, 2.75) is 51.1 Å². The van der Waals surface area contributed by atoms with Gasteiger partial charge in [0.15, 0.2) is 0 Å². The van der Waals surface area contributed by atoms with E-state index in [2.05, 4.69) is 15.2 Å². The minimum Gasteiger partial charge on any atom is -0.334 e. The molecule has 1 N–H and O–H groups in total. The van der Waals surface area contributed by atoms with Crippen LogP contribution in [-0.4, -0.2) is 34.9 Å². The zero-order chi connectivity index (χ0) is 15.6. The van der Waals surface area contributed by atoms with Crippen molar-refractivity contribution in [2.75, 3.05) is 13.1 Å². The number of hydrogen-bond donors (Lipinski definition) is 1. The molecule has 3 unspecified atom stereocenters. The fourth-order valence-corrected chi connectivity index (χ4v) is 4.74. The highest BCUT2D eigenvalue weighted by atomic mass is 35.5. The molecule has 24 heavy (non-hydrogen) atoms. The van der Waals surface area contributed by atoms with Crippen molar-refractivity contribution in [1.82, 2.24) is 15.2 Å². The Morgan fingerprint density at radius 3 is 2.71 bits per heavy atom. The van der Waals surface area contributed by atoms with Gasteiger partial charge in [0.1, 0.15) is 0 Å². The Morgan fingerprint density at radius 1 is 1.12 bits per heavy atom. The van der Waals surface area contributed by atoms with Crippen molar-refractivity contribution in [1.29, 1.82) is 0 Å². The van der Waals surface area contributed by atoms with Crippen molar-refractivity contribution in [3.8, 4) is 0 Å². The summed E-state index contributed by atoms with van der Waals surface area (Å²) in [5, 5.41) is 3.47. The van der Waals surface area contributed by atoms with E-state index < -0.39 is 0 Å². The van der Waals surface area contributed by atoms with E-state index in [4.69, 9.17) is 0 Å². The monoisotopic (exact) mass is 349 g/mol. The highest BCUT2D eigenvalue weighted by molar-refractivity contribution is 5.85. The molecule has 3 aliphatic rings. The average Bonchev–Trinajstić information content (AvgIpc) is 3.19. The summed E-state index contributed by atoms with van der Waals surface area (Å²) in [5.74, 6) is 2.12. The van der Waals surface area contributed by atoms with Gasteiger partial charge in [-0.25, -0.2) is 0 Å². The first-order valence-corrected chi connectivity index (χ1v) is 9.25. The third-order valence-corrected chi connectivity index (χ3v) is 6.02. The predicted molar refractivity (Wildman–Crippen MR) is 96.9 cm³/mol. The first-order chi connectivity index (χ1) is 11.3. The molecule has 2 saturated carbocycles. The van der Waals surface area contributed by atoms with E-state index >= 15 is 0 Å². The van der Waals surface area contributed by atoms with Crippen LogP contribution in [-0.2, 0) is 11.3 Å². The molecule has 1 aromatic heterocycles. The highest BCUT2D eigenvalue weighted by Crippen LogP contribution is 2.58. The summed E-state index contributed by atoms with van der Waals surface area (Å²) in [6, 6.07) is 6.38. The molecular formula is C19H28ClN3O. The average molecular weight is 350 g/mol. The number of fused-ring (bicyclic) bond motifs is 1. The Bertz CT molecular complexity index is 535. The lowest BCUT2D eigenvalue weighted by Gasteiger charge is -2.31. The fraction of sp³-hybridized carbons (Fsp3) is 0.684. The molecule has 4 nitrogen and oxygen atoms in total. The Hall–Kier alpha value is -1.13. The van der Waals surface area contributed by atoms with Crippen LogP contribution < -0.4 is 5.32 Å². The van der Waals surface area contributed by atoms with Gasteiger partial charge in [0.2, 0.25) is 5.91 Å². The molecule has 0 aromatic carbocycles. The van der Waals surface area contributed by atoms with Crippen molar-refractivity contribution in [2.24, 2.45) is 17.8 Å². The number of nitrogens with one attached hydrogen (secondary N) is 1. The summed E-state index contributed by atoms with van der Waals surface area (Å²) in [4.78, 5) is 19.9. The third-order valence-electron chi connectivity index (χ3n) is 6.02. The first kappa shape index (κ1) is 17.7. The second-order valence-corrected chi connectivity index (χ2v) is 7.41. The Balaban J connectivity index is 0.00000169. The summed E-state index contributed by atoms with van der Waals surface area (Å²) in [6.45, 7) is 2.78. The van der Waals surface area contributed by atoms with Crippen LogP contribution in [0.3, 0.4) is 0 Å².